The summed E-state index contributed by atoms with van der Waals surface area (Å²) in [7, 11) is 0. The minimum Gasteiger partial charge on any atom is -0.348 e. The number of rotatable bonds is 4. The molecule has 96 valence electrons. The summed E-state index contributed by atoms with van der Waals surface area (Å²) in [5, 5.41) is 15.7. The van der Waals surface area contributed by atoms with Crippen LogP contribution < -0.4 is 5.32 Å². The van der Waals surface area contributed by atoms with E-state index < -0.39 is 0 Å². The molecule has 2 heterocycles. The Labute approximate surface area is 115 Å². The number of carbonyl (C=O) groups excluding carboxylic acids is 1. The maximum absolute atomic E-state index is 11.9. The maximum Gasteiger partial charge on any atom is 0.270 e. The van der Waals surface area contributed by atoms with Gasteiger partial charge >= 0.3 is 0 Å². The summed E-state index contributed by atoms with van der Waals surface area (Å²) in [6.07, 6.45) is 2.20. The summed E-state index contributed by atoms with van der Waals surface area (Å²) in [5.41, 5.74) is 1.99. The van der Waals surface area contributed by atoms with Crippen LogP contribution in [0.25, 0.3) is 0 Å². The lowest BCUT2D eigenvalue weighted by molar-refractivity contribution is 0.0935. The van der Waals surface area contributed by atoms with Gasteiger partial charge in [-0.2, -0.15) is 16.6 Å². The zero-order valence-corrected chi connectivity index (χ0v) is 11.3. The highest BCUT2D eigenvalue weighted by atomic mass is 32.1. The summed E-state index contributed by atoms with van der Waals surface area (Å²) in [5.74, 6) is -0.216. The molecule has 19 heavy (non-hydrogen) atoms. The molecule has 0 spiro atoms. The third kappa shape index (κ3) is 3.63. The number of amides is 1. The highest BCUT2D eigenvalue weighted by Gasteiger charge is 2.11. The van der Waals surface area contributed by atoms with Crippen LogP contribution in [0.2, 0.25) is 0 Å². The van der Waals surface area contributed by atoms with Gasteiger partial charge in [-0.05, 0) is 47.9 Å². The van der Waals surface area contributed by atoms with Gasteiger partial charge in [-0.25, -0.2) is 4.98 Å². The number of hydrogen-bond acceptors (Lipinski definition) is 4. The van der Waals surface area contributed by atoms with Crippen molar-refractivity contribution in [2.24, 2.45) is 0 Å². The number of nitrogens with one attached hydrogen (secondary N) is 1. The van der Waals surface area contributed by atoms with Gasteiger partial charge in [-0.1, -0.05) is 0 Å². The standard InChI is InChI=1S/C14H13N3OS/c1-10(6-11-4-5-19-9-11)17-14(18)13-3-2-12(7-15)8-16-13/h2-5,8-10H,6H2,1H3,(H,17,18). The van der Waals surface area contributed by atoms with Crippen molar-refractivity contribution in [3.8, 4) is 6.07 Å². The van der Waals surface area contributed by atoms with E-state index in [0.717, 1.165) is 6.42 Å². The van der Waals surface area contributed by atoms with E-state index in [1.165, 1.54) is 11.8 Å². The molecule has 0 bridgehead atoms. The Bertz CT molecular complexity index is 584. The van der Waals surface area contributed by atoms with Crippen LogP contribution in [0.3, 0.4) is 0 Å². The molecule has 0 aliphatic rings. The largest absolute Gasteiger partial charge is 0.348 e. The molecule has 0 aliphatic carbocycles. The molecule has 5 heteroatoms. The van der Waals surface area contributed by atoms with Crippen LogP contribution in [0.1, 0.15) is 28.5 Å². The van der Waals surface area contributed by atoms with Gasteiger partial charge in [0, 0.05) is 12.2 Å². The van der Waals surface area contributed by atoms with Crippen molar-refractivity contribution in [3.05, 3.63) is 52.0 Å². The quantitative estimate of drug-likeness (QED) is 0.928. The molecular weight excluding hydrogens is 258 g/mol. The summed E-state index contributed by atoms with van der Waals surface area (Å²) in [4.78, 5) is 15.9. The van der Waals surface area contributed by atoms with E-state index in [9.17, 15) is 4.79 Å². The van der Waals surface area contributed by atoms with Gasteiger partial charge in [0.2, 0.25) is 0 Å². The molecule has 1 amide bonds. The lowest BCUT2D eigenvalue weighted by atomic mass is 10.1. The average molecular weight is 271 g/mol. The van der Waals surface area contributed by atoms with E-state index in [-0.39, 0.29) is 11.9 Å². The Balaban J connectivity index is 1.94. The molecule has 0 fully saturated rings. The van der Waals surface area contributed by atoms with Crippen LogP contribution in [0.15, 0.2) is 35.2 Å². The molecule has 4 nitrogen and oxygen atoms in total. The Hall–Kier alpha value is -2.19. The van der Waals surface area contributed by atoms with Gasteiger partial charge in [0.25, 0.3) is 5.91 Å². The van der Waals surface area contributed by atoms with Crippen molar-refractivity contribution in [1.29, 1.82) is 5.26 Å². The molecule has 2 aromatic rings. The number of thiophene rings is 1. The van der Waals surface area contributed by atoms with Gasteiger partial charge in [0.1, 0.15) is 11.8 Å². The van der Waals surface area contributed by atoms with Crippen molar-refractivity contribution in [1.82, 2.24) is 10.3 Å². The second-order valence-electron chi connectivity index (χ2n) is 4.25. The smallest absolute Gasteiger partial charge is 0.270 e. The van der Waals surface area contributed by atoms with Crippen LogP contribution in [-0.4, -0.2) is 16.9 Å². The van der Waals surface area contributed by atoms with Gasteiger partial charge in [-0.3, -0.25) is 4.79 Å². The Morgan fingerprint density at radius 1 is 1.53 bits per heavy atom. The number of hydrogen-bond donors (Lipinski definition) is 1. The summed E-state index contributed by atoms with van der Waals surface area (Å²) >= 11 is 1.65. The van der Waals surface area contributed by atoms with Gasteiger partial charge in [0.05, 0.1) is 5.56 Å². The predicted molar refractivity (Wildman–Crippen MR) is 73.9 cm³/mol. The number of nitriles is 1. The van der Waals surface area contributed by atoms with Crippen LogP contribution in [0, 0.1) is 11.3 Å². The summed E-state index contributed by atoms with van der Waals surface area (Å²) in [6, 6.07) is 7.21. The highest BCUT2D eigenvalue weighted by Crippen LogP contribution is 2.09. The van der Waals surface area contributed by atoms with E-state index in [1.54, 1.807) is 23.5 Å². The highest BCUT2D eigenvalue weighted by molar-refractivity contribution is 7.07. The van der Waals surface area contributed by atoms with E-state index in [1.807, 2.05) is 24.4 Å². The first kappa shape index (κ1) is 13.2. The van der Waals surface area contributed by atoms with Gasteiger partial charge in [0.15, 0.2) is 0 Å². The lowest BCUT2D eigenvalue weighted by Crippen LogP contribution is -2.34. The fraction of sp³-hybridized carbons (Fsp3) is 0.214. The van der Waals surface area contributed by atoms with E-state index in [2.05, 4.69) is 15.7 Å². The molecule has 2 aromatic heterocycles. The molecule has 1 atom stereocenters. The number of pyridine rings is 1. The van der Waals surface area contributed by atoms with Crippen molar-refractivity contribution >= 4 is 17.2 Å². The van der Waals surface area contributed by atoms with E-state index in [0.29, 0.717) is 11.3 Å². The average Bonchev–Trinajstić information content (AvgIpc) is 2.91. The predicted octanol–water partition coefficient (Wildman–Crippen LogP) is 2.38. The molecular formula is C14H13N3OS. The minimum atomic E-state index is -0.216. The molecule has 0 radical (unpaired) electrons. The number of nitrogens with zero attached hydrogens (tertiary/aromatic N) is 2. The van der Waals surface area contributed by atoms with Gasteiger partial charge in [-0.15, -0.1) is 0 Å². The monoisotopic (exact) mass is 271 g/mol. The fourth-order valence-corrected chi connectivity index (χ4v) is 2.39. The van der Waals surface area contributed by atoms with E-state index >= 15 is 0 Å². The molecule has 0 saturated carbocycles. The molecule has 0 saturated heterocycles. The Kier molecular flexibility index (Phi) is 4.26. The van der Waals surface area contributed by atoms with Gasteiger partial charge < -0.3 is 5.32 Å². The zero-order chi connectivity index (χ0) is 13.7. The fourth-order valence-electron chi connectivity index (χ4n) is 1.71. The van der Waals surface area contributed by atoms with Crippen molar-refractivity contribution < 1.29 is 4.79 Å². The minimum absolute atomic E-state index is 0.0412. The topological polar surface area (TPSA) is 65.8 Å². The first-order valence-electron chi connectivity index (χ1n) is 5.87. The maximum atomic E-state index is 11.9. The Morgan fingerprint density at radius 3 is 2.95 bits per heavy atom. The third-order valence-electron chi connectivity index (χ3n) is 2.62. The van der Waals surface area contributed by atoms with Crippen molar-refractivity contribution in [2.75, 3.05) is 0 Å². The van der Waals surface area contributed by atoms with Crippen LogP contribution in [0.5, 0.6) is 0 Å². The van der Waals surface area contributed by atoms with Crippen LogP contribution in [-0.2, 0) is 6.42 Å². The number of carbonyl (C=O) groups is 1. The molecule has 2 rings (SSSR count). The summed E-state index contributed by atoms with van der Waals surface area (Å²) in [6.45, 7) is 1.96. The molecule has 0 aromatic carbocycles. The first-order valence-corrected chi connectivity index (χ1v) is 6.81. The molecule has 1 N–H and O–H groups in total. The second-order valence-corrected chi connectivity index (χ2v) is 5.03. The molecule has 0 aliphatic heterocycles. The molecule has 1 unspecified atom stereocenters. The number of aromatic nitrogens is 1. The second kappa shape index (κ2) is 6.12. The van der Waals surface area contributed by atoms with Crippen LogP contribution in [0.4, 0.5) is 0 Å². The van der Waals surface area contributed by atoms with Crippen LogP contribution >= 0.6 is 11.3 Å². The normalized spacial score (nSPS) is 11.6. The van der Waals surface area contributed by atoms with Crippen molar-refractivity contribution in [3.63, 3.8) is 0 Å². The Morgan fingerprint density at radius 2 is 2.37 bits per heavy atom. The lowest BCUT2D eigenvalue weighted by Gasteiger charge is -2.12. The SMILES string of the molecule is CC(Cc1ccsc1)NC(=O)c1ccc(C#N)cn1. The zero-order valence-electron chi connectivity index (χ0n) is 10.5. The third-order valence-corrected chi connectivity index (χ3v) is 3.36. The first-order chi connectivity index (χ1) is 9.19. The summed E-state index contributed by atoms with van der Waals surface area (Å²) < 4.78 is 0. The van der Waals surface area contributed by atoms with E-state index in [4.69, 9.17) is 5.26 Å². The van der Waals surface area contributed by atoms with Crippen molar-refractivity contribution in [2.45, 2.75) is 19.4 Å².